The molecule has 0 spiro atoms. The van der Waals surface area contributed by atoms with E-state index in [0.717, 1.165) is 47.7 Å². The van der Waals surface area contributed by atoms with E-state index in [1.165, 1.54) is 5.69 Å². The molecule has 4 rings (SSSR count). The maximum absolute atomic E-state index is 12.4. The number of hydrogen-bond acceptors (Lipinski definition) is 4. The molecule has 6 heteroatoms. The molecule has 0 aromatic heterocycles. The second kappa shape index (κ2) is 8.52. The highest BCUT2D eigenvalue weighted by molar-refractivity contribution is 9.10. The summed E-state index contributed by atoms with van der Waals surface area (Å²) in [7, 11) is 0. The average molecular weight is 441 g/mol. The van der Waals surface area contributed by atoms with Crippen molar-refractivity contribution in [3.05, 3.63) is 70.7 Å². The zero-order valence-corrected chi connectivity index (χ0v) is 17.0. The summed E-state index contributed by atoms with van der Waals surface area (Å²) in [5.74, 6) is 1.57. The van der Waals surface area contributed by atoms with E-state index in [0.29, 0.717) is 0 Å². The van der Waals surface area contributed by atoms with Crippen molar-refractivity contribution < 1.29 is 14.3 Å². The Hall–Kier alpha value is -2.73. The van der Waals surface area contributed by atoms with E-state index >= 15 is 0 Å². The molecule has 2 aromatic carbocycles. The van der Waals surface area contributed by atoms with Crippen LogP contribution < -0.4 is 14.4 Å². The standard InChI is InChI=1S/C22H21BrN2O3/c23-18-6-8-19(9-7-18)24-11-13-25(14-12-24)22(26)4-2-1-3-17-5-10-20-21(15-17)28-16-27-20/h1-10,15H,11-14,16H2/b3-1+,4-2+. The lowest BCUT2D eigenvalue weighted by Gasteiger charge is -2.35. The van der Waals surface area contributed by atoms with Crippen molar-refractivity contribution in [2.45, 2.75) is 0 Å². The highest BCUT2D eigenvalue weighted by atomic mass is 79.9. The average Bonchev–Trinajstić information content (AvgIpc) is 3.20. The van der Waals surface area contributed by atoms with E-state index in [4.69, 9.17) is 9.47 Å². The van der Waals surface area contributed by atoms with Crippen LogP contribution in [-0.2, 0) is 4.79 Å². The van der Waals surface area contributed by atoms with Gasteiger partial charge in [0.1, 0.15) is 0 Å². The molecule has 1 fully saturated rings. The van der Waals surface area contributed by atoms with E-state index in [-0.39, 0.29) is 12.7 Å². The van der Waals surface area contributed by atoms with Gasteiger partial charge >= 0.3 is 0 Å². The number of rotatable bonds is 4. The number of hydrogen-bond donors (Lipinski definition) is 0. The summed E-state index contributed by atoms with van der Waals surface area (Å²) >= 11 is 3.46. The molecule has 0 saturated carbocycles. The number of carbonyl (C=O) groups excluding carboxylic acids is 1. The summed E-state index contributed by atoms with van der Waals surface area (Å²) in [6, 6.07) is 14.1. The number of halogens is 1. The number of anilines is 1. The third-order valence-electron chi connectivity index (χ3n) is 4.82. The van der Waals surface area contributed by atoms with Gasteiger partial charge in [-0.15, -0.1) is 0 Å². The first-order chi connectivity index (χ1) is 13.7. The molecular formula is C22H21BrN2O3. The summed E-state index contributed by atoms with van der Waals surface area (Å²) in [6.45, 7) is 3.41. The molecule has 2 aliphatic rings. The molecule has 1 saturated heterocycles. The van der Waals surface area contributed by atoms with Crippen LogP contribution in [0.1, 0.15) is 5.56 Å². The maximum Gasteiger partial charge on any atom is 0.246 e. The Kier molecular flexibility index (Phi) is 5.67. The fourth-order valence-electron chi connectivity index (χ4n) is 3.26. The molecule has 0 unspecified atom stereocenters. The number of piperazine rings is 1. The molecule has 0 radical (unpaired) electrons. The Morgan fingerprint density at radius 1 is 0.929 bits per heavy atom. The summed E-state index contributed by atoms with van der Waals surface area (Å²) < 4.78 is 11.7. The first-order valence-electron chi connectivity index (χ1n) is 9.23. The normalized spacial score (nSPS) is 16.3. The van der Waals surface area contributed by atoms with E-state index < -0.39 is 0 Å². The van der Waals surface area contributed by atoms with Crippen molar-refractivity contribution >= 4 is 33.6 Å². The Balaban J connectivity index is 1.27. The van der Waals surface area contributed by atoms with Gasteiger partial charge in [-0.3, -0.25) is 4.79 Å². The maximum atomic E-state index is 12.4. The lowest BCUT2D eigenvalue weighted by molar-refractivity contribution is -0.126. The summed E-state index contributed by atoms with van der Waals surface area (Å²) in [5, 5.41) is 0. The zero-order chi connectivity index (χ0) is 19.3. The highest BCUT2D eigenvalue weighted by Crippen LogP contribution is 2.32. The van der Waals surface area contributed by atoms with Crippen molar-refractivity contribution in [1.82, 2.24) is 4.90 Å². The van der Waals surface area contributed by atoms with Crippen molar-refractivity contribution in [2.24, 2.45) is 0 Å². The molecule has 2 aromatic rings. The number of nitrogens with zero attached hydrogens (tertiary/aromatic N) is 2. The van der Waals surface area contributed by atoms with Crippen LogP contribution in [0, 0.1) is 0 Å². The van der Waals surface area contributed by atoms with Gasteiger partial charge in [0, 0.05) is 42.4 Å². The molecule has 2 aliphatic heterocycles. The minimum absolute atomic E-state index is 0.0470. The van der Waals surface area contributed by atoms with Crippen LogP contribution in [0.15, 0.2) is 65.2 Å². The van der Waals surface area contributed by atoms with Crippen LogP contribution in [0.4, 0.5) is 5.69 Å². The molecule has 5 nitrogen and oxygen atoms in total. The first kappa shape index (κ1) is 18.6. The number of ether oxygens (including phenoxy) is 2. The van der Waals surface area contributed by atoms with Gasteiger partial charge in [0.2, 0.25) is 12.7 Å². The lowest BCUT2D eigenvalue weighted by atomic mass is 10.2. The molecule has 28 heavy (non-hydrogen) atoms. The molecule has 1 amide bonds. The van der Waals surface area contributed by atoms with Crippen molar-refractivity contribution in [3.8, 4) is 11.5 Å². The Labute approximate surface area is 173 Å². The van der Waals surface area contributed by atoms with Gasteiger partial charge in [0.05, 0.1) is 0 Å². The fraction of sp³-hybridized carbons (Fsp3) is 0.227. The predicted octanol–water partition coefficient (Wildman–Crippen LogP) is 4.10. The van der Waals surface area contributed by atoms with Gasteiger partial charge in [0.25, 0.3) is 0 Å². The largest absolute Gasteiger partial charge is 0.454 e. The Morgan fingerprint density at radius 2 is 1.68 bits per heavy atom. The molecular weight excluding hydrogens is 420 g/mol. The molecule has 144 valence electrons. The molecule has 0 atom stereocenters. The number of carbonyl (C=O) groups is 1. The van der Waals surface area contributed by atoms with Crippen LogP contribution in [-0.4, -0.2) is 43.8 Å². The lowest BCUT2D eigenvalue weighted by Crippen LogP contribution is -2.48. The minimum atomic E-state index is 0.0470. The van der Waals surface area contributed by atoms with Gasteiger partial charge in [-0.2, -0.15) is 0 Å². The van der Waals surface area contributed by atoms with Gasteiger partial charge in [-0.25, -0.2) is 0 Å². The topological polar surface area (TPSA) is 42.0 Å². The molecule has 0 N–H and O–H groups in total. The predicted molar refractivity (Wildman–Crippen MR) is 114 cm³/mol. The van der Waals surface area contributed by atoms with Crippen molar-refractivity contribution in [1.29, 1.82) is 0 Å². The minimum Gasteiger partial charge on any atom is -0.454 e. The highest BCUT2D eigenvalue weighted by Gasteiger charge is 2.19. The van der Waals surface area contributed by atoms with E-state index in [9.17, 15) is 4.79 Å². The summed E-state index contributed by atoms with van der Waals surface area (Å²) in [5.41, 5.74) is 2.20. The fourth-order valence-corrected chi connectivity index (χ4v) is 3.53. The van der Waals surface area contributed by atoms with Gasteiger partial charge in [-0.1, -0.05) is 40.2 Å². The van der Waals surface area contributed by atoms with Crippen LogP contribution in [0.5, 0.6) is 11.5 Å². The number of fused-ring (bicyclic) bond motifs is 1. The van der Waals surface area contributed by atoms with Crippen LogP contribution in [0.3, 0.4) is 0 Å². The molecule has 0 aliphatic carbocycles. The number of allylic oxidation sites excluding steroid dienone is 2. The van der Waals surface area contributed by atoms with Crippen molar-refractivity contribution in [3.63, 3.8) is 0 Å². The zero-order valence-electron chi connectivity index (χ0n) is 15.4. The monoisotopic (exact) mass is 440 g/mol. The van der Waals surface area contributed by atoms with Crippen molar-refractivity contribution in [2.75, 3.05) is 37.9 Å². The molecule has 2 heterocycles. The smallest absolute Gasteiger partial charge is 0.246 e. The van der Waals surface area contributed by atoms with Gasteiger partial charge in [-0.05, 0) is 42.0 Å². The second-order valence-electron chi connectivity index (χ2n) is 6.62. The quantitative estimate of drug-likeness (QED) is 0.530. The number of benzene rings is 2. The second-order valence-corrected chi connectivity index (χ2v) is 7.54. The van der Waals surface area contributed by atoms with Gasteiger partial charge in [0.15, 0.2) is 11.5 Å². The summed E-state index contributed by atoms with van der Waals surface area (Å²) in [4.78, 5) is 16.6. The summed E-state index contributed by atoms with van der Waals surface area (Å²) in [6.07, 6.45) is 7.22. The first-order valence-corrected chi connectivity index (χ1v) is 10.0. The van der Waals surface area contributed by atoms with E-state index in [1.54, 1.807) is 12.2 Å². The van der Waals surface area contributed by atoms with E-state index in [1.807, 2.05) is 47.4 Å². The molecule has 0 bridgehead atoms. The third kappa shape index (κ3) is 4.39. The van der Waals surface area contributed by atoms with Gasteiger partial charge < -0.3 is 19.3 Å². The Bertz CT molecular complexity index is 900. The number of amides is 1. The Morgan fingerprint density at radius 3 is 2.46 bits per heavy atom. The van der Waals surface area contributed by atoms with Crippen LogP contribution in [0.2, 0.25) is 0 Å². The van der Waals surface area contributed by atoms with Crippen LogP contribution >= 0.6 is 15.9 Å². The SMILES string of the molecule is O=C(/C=C/C=C/c1ccc2c(c1)OCO2)N1CCN(c2ccc(Br)cc2)CC1. The van der Waals surface area contributed by atoms with Crippen LogP contribution in [0.25, 0.3) is 6.08 Å². The van der Waals surface area contributed by atoms with E-state index in [2.05, 4.69) is 33.0 Å². The third-order valence-corrected chi connectivity index (χ3v) is 5.35.